The van der Waals surface area contributed by atoms with E-state index in [2.05, 4.69) is 45.9 Å². The molecule has 0 saturated heterocycles. The Balaban J connectivity index is 2.31. The molecule has 0 aromatic heterocycles. The van der Waals surface area contributed by atoms with Crippen LogP contribution in [0.5, 0.6) is 0 Å². The molecule has 18 heavy (non-hydrogen) atoms. The molecule has 0 bridgehead atoms. The number of hydrogen-bond donors (Lipinski definition) is 2. The molecule has 0 spiro atoms. The molecular formula is C16H26N2. The number of rotatable bonds is 3. The Morgan fingerprint density at radius 2 is 1.89 bits per heavy atom. The molecule has 2 heteroatoms. The largest absolute Gasteiger partial charge is 0.330 e. The van der Waals surface area contributed by atoms with E-state index in [1.54, 1.807) is 0 Å². The second-order valence-corrected chi connectivity index (χ2v) is 6.87. The van der Waals surface area contributed by atoms with Crippen molar-refractivity contribution in [3.8, 4) is 0 Å². The smallest absolute Gasteiger partial charge is 0.0366 e. The fourth-order valence-electron chi connectivity index (χ4n) is 2.62. The number of nitrogens with two attached hydrogens (primary N) is 2. The molecule has 1 fully saturated rings. The van der Waals surface area contributed by atoms with Crippen LogP contribution in [0.3, 0.4) is 0 Å². The van der Waals surface area contributed by atoms with Gasteiger partial charge in [-0.2, -0.15) is 0 Å². The molecule has 0 radical (unpaired) electrons. The van der Waals surface area contributed by atoms with E-state index in [1.807, 2.05) is 0 Å². The maximum atomic E-state index is 6.43. The van der Waals surface area contributed by atoms with Gasteiger partial charge in [0.05, 0.1) is 0 Å². The van der Waals surface area contributed by atoms with Crippen LogP contribution in [0.15, 0.2) is 18.2 Å². The van der Waals surface area contributed by atoms with Crippen LogP contribution in [0.1, 0.15) is 56.3 Å². The second-order valence-electron chi connectivity index (χ2n) is 6.87. The summed E-state index contributed by atoms with van der Waals surface area (Å²) in [6, 6.07) is 6.80. The fourth-order valence-corrected chi connectivity index (χ4v) is 2.62. The van der Waals surface area contributed by atoms with Gasteiger partial charge in [-0.1, -0.05) is 39.0 Å². The third-order valence-electron chi connectivity index (χ3n) is 4.43. The van der Waals surface area contributed by atoms with Gasteiger partial charge in [0.2, 0.25) is 0 Å². The summed E-state index contributed by atoms with van der Waals surface area (Å²) in [5, 5.41) is 0. The van der Waals surface area contributed by atoms with Crippen LogP contribution in [0.4, 0.5) is 0 Å². The summed E-state index contributed by atoms with van der Waals surface area (Å²) < 4.78 is 0. The predicted octanol–water partition coefficient (Wildman–Crippen LogP) is 3.03. The van der Waals surface area contributed by atoms with Crippen molar-refractivity contribution >= 4 is 0 Å². The Hall–Kier alpha value is -0.860. The van der Waals surface area contributed by atoms with Crippen molar-refractivity contribution in [2.75, 3.05) is 6.54 Å². The van der Waals surface area contributed by atoms with Gasteiger partial charge in [-0.25, -0.2) is 0 Å². The fraction of sp³-hybridized carbons (Fsp3) is 0.625. The van der Waals surface area contributed by atoms with Gasteiger partial charge in [-0.3, -0.25) is 0 Å². The normalized spacial score (nSPS) is 19.7. The van der Waals surface area contributed by atoms with E-state index in [1.165, 1.54) is 29.5 Å². The van der Waals surface area contributed by atoms with Gasteiger partial charge < -0.3 is 11.5 Å². The minimum Gasteiger partial charge on any atom is -0.330 e. The van der Waals surface area contributed by atoms with Crippen LogP contribution in [0.25, 0.3) is 0 Å². The summed E-state index contributed by atoms with van der Waals surface area (Å²) in [4.78, 5) is 0. The maximum absolute atomic E-state index is 6.43. The lowest BCUT2D eigenvalue weighted by atomic mass is 9.82. The Labute approximate surface area is 111 Å². The highest BCUT2D eigenvalue weighted by atomic mass is 14.8. The van der Waals surface area contributed by atoms with Crippen molar-refractivity contribution in [2.24, 2.45) is 16.9 Å². The first-order valence-electron chi connectivity index (χ1n) is 6.87. The topological polar surface area (TPSA) is 52.0 Å². The van der Waals surface area contributed by atoms with E-state index in [0.29, 0.717) is 6.54 Å². The quantitative estimate of drug-likeness (QED) is 0.861. The maximum Gasteiger partial charge on any atom is 0.0366 e. The van der Waals surface area contributed by atoms with Crippen molar-refractivity contribution in [2.45, 2.75) is 52.0 Å². The molecule has 1 aromatic carbocycles. The van der Waals surface area contributed by atoms with Crippen LogP contribution in [-0.2, 0) is 5.41 Å². The molecule has 100 valence electrons. The summed E-state index contributed by atoms with van der Waals surface area (Å²) in [5.41, 5.74) is 16.6. The molecule has 0 amide bonds. The SMILES string of the molecule is Cc1cc(C(C)(C)C)ccc1C(N)C1(CN)CC1. The average molecular weight is 246 g/mol. The zero-order chi connectivity index (χ0) is 13.6. The van der Waals surface area contributed by atoms with Crippen molar-refractivity contribution in [3.05, 3.63) is 34.9 Å². The average Bonchev–Trinajstić information content (AvgIpc) is 3.07. The first kappa shape index (κ1) is 13.6. The minimum atomic E-state index is 0.0940. The molecular weight excluding hydrogens is 220 g/mol. The zero-order valence-corrected chi connectivity index (χ0v) is 12.1. The monoisotopic (exact) mass is 246 g/mol. The van der Waals surface area contributed by atoms with Crippen molar-refractivity contribution in [3.63, 3.8) is 0 Å². The molecule has 1 aliphatic carbocycles. The van der Waals surface area contributed by atoms with Gasteiger partial charge in [0.25, 0.3) is 0 Å². The molecule has 0 aliphatic heterocycles. The molecule has 1 saturated carbocycles. The van der Waals surface area contributed by atoms with Gasteiger partial charge in [-0.05, 0) is 48.4 Å². The lowest BCUT2D eigenvalue weighted by molar-refractivity contribution is 0.417. The van der Waals surface area contributed by atoms with Crippen LogP contribution in [0.2, 0.25) is 0 Å². The molecule has 1 aliphatic rings. The summed E-state index contributed by atoms with van der Waals surface area (Å²) in [5.74, 6) is 0. The van der Waals surface area contributed by atoms with Crippen molar-refractivity contribution < 1.29 is 0 Å². The third kappa shape index (κ3) is 2.32. The van der Waals surface area contributed by atoms with Crippen LogP contribution in [0, 0.1) is 12.3 Å². The molecule has 2 nitrogen and oxygen atoms in total. The molecule has 2 rings (SSSR count). The van der Waals surface area contributed by atoms with E-state index in [9.17, 15) is 0 Å². The van der Waals surface area contributed by atoms with Crippen molar-refractivity contribution in [1.29, 1.82) is 0 Å². The number of benzene rings is 1. The highest BCUT2D eigenvalue weighted by molar-refractivity contribution is 5.37. The Morgan fingerprint density at radius 1 is 1.28 bits per heavy atom. The van der Waals surface area contributed by atoms with E-state index in [4.69, 9.17) is 11.5 Å². The van der Waals surface area contributed by atoms with Gasteiger partial charge in [0.15, 0.2) is 0 Å². The molecule has 0 heterocycles. The highest BCUT2D eigenvalue weighted by Crippen LogP contribution is 2.53. The van der Waals surface area contributed by atoms with Gasteiger partial charge in [0, 0.05) is 11.5 Å². The number of aryl methyl sites for hydroxylation is 1. The van der Waals surface area contributed by atoms with Gasteiger partial charge in [-0.15, -0.1) is 0 Å². The highest BCUT2D eigenvalue weighted by Gasteiger charge is 2.47. The van der Waals surface area contributed by atoms with E-state index < -0.39 is 0 Å². The van der Waals surface area contributed by atoms with Crippen LogP contribution >= 0.6 is 0 Å². The van der Waals surface area contributed by atoms with E-state index in [-0.39, 0.29) is 16.9 Å². The molecule has 4 N–H and O–H groups in total. The van der Waals surface area contributed by atoms with E-state index >= 15 is 0 Å². The summed E-state index contributed by atoms with van der Waals surface area (Å²) in [6.07, 6.45) is 2.34. The standard InChI is InChI=1S/C16H26N2/c1-11-9-12(15(2,3)4)5-6-13(11)14(18)16(10-17)7-8-16/h5-6,9,14H,7-8,10,17-18H2,1-4H3. The molecule has 1 aromatic rings. The Morgan fingerprint density at radius 3 is 2.28 bits per heavy atom. The Bertz CT molecular complexity index is 439. The summed E-state index contributed by atoms with van der Waals surface area (Å²) >= 11 is 0. The predicted molar refractivity (Wildman–Crippen MR) is 77.5 cm³/mol. The van der Waals surface area contributed by atoms with Crippen LogP contribution < -0.4 is 11.5 Å². The minimum absolute atomic E-state index is 0.0940. The lowest BCUT2D eigenvalue weighted by Gasteiger charge is -2.26. The Kier molecular flexibility index (Phi) is 3.28. The molecule has 1 unspecified atom stereocenters. The van der Waals surface area contributed by atoms with Crippen LogP contribution in [-0.4, -0.2) is 6.54 Å². The zero-order valence-electron chi connectivity index (χ0n) is 12.1. The second kappa shape index (κ2) is 4.36. The van der Waals surface area contributed by atoms with E-state index in [0.717, 1.165) is 0 Å². The first-order valence-corrected chi connectivity index (χ1v) is 6.87. The summed E-state index contributed by atoms with van der Waals surface area (Å²) in [7, 11) is 0. The first-order chi connectivity index (χ1) is 8.30. The third-order valence-corrected chi connectivity index (χ3v) is 4.43. The number of hydrogen-bond acceptors (Lipinski definition) is 2. The lowest BCUT2D eigenvalue weighted by Crippen LogP contribution is -2.30. The van der Waals surface area contributed by atoms with Gasteiger partial charge in [0.1, 0.15) is 0 Å². The van der Waals surface area contributed by atoms with Crippen molar-refractivity contribution in [1.82, 2.24) is 0 Å². The molecule has 1 atom stereocenters. The summed E-state index contributed by atoms with van der Waals surface area (Å²) in [6.45, 7) is 9.59. The van der Waals surface area contributed by atoms with Gasteiger partial charge >= 0.3 is 0 Å².